The van der Waals surface area contributed by atoms with E-state index in [2.05, 4.69) is 5.32 Å². The Balaban J connectivity index is 1.94. The minimum Gasteiger partial charge on any atom is -0.399 e. The first-order valence-electron chi connectivity index (χ1n) is 6.93. The average molecular weight is 275 g/mol. The molecule has 1 aromatic carbocycles. The number of nitrogens with two attached hydrogens (primary N) is 2. The second-order valence-electron chi connectivity index (χ2n) is 5.50. The number of primary amides is 1. The summed E-state index contributed by atoms with van der Waals surface area (Å²) >= 11 is 0. The topological polar surface area (TPSA) is 98.2 Å². The molecule has 0 spiro atoms. The van der Waals surface area contributed by atoms with Gasteiger partial charge < -0.3 is 16.8 Å². The fraction of sp³-hybridized carbons (Fsp3) is 0.467. The van der Waals surface area contributed by atoms with E-state index in [4.69, 9.17) is 11.5 Å². The Bertz CT molecular complexity index is 520. The van der Waals surface area contributed by atoms with E-state index >= 15 is 0 Å². The van der Waals surface area contributed by atoms with E-state index < -0.39 is 0 Å². The molecule has 0 unspecified atom stereocenters. The molecule has 2 rings (SSSR count). The summed E-state index contributed by atoms with van der Waals surface area (Å²) < 4.78 is 0. The summed E-state index contributed by atoms with van der Waals surface area (Å²) in [6.45, 7) is 1.87. The van der Waals surface area contributed by atoms with Crippen molar-refractivity contribution in [1.82, 2.24) is 5.32 Å². The third-order valence-corrected chi connectivity index (χ3v) is 3.96. The Labute approximate surface area is 118 Å². The Morgan fingerprint density at radius 3 is 2.40 bits per heavy atom. The molecule has 1 aliphatic rings. The number of nitrogens with one attached hydrogen (secondary N) is 1. The molecule has 5 heteroatoms. The SMILES string of the molecule is Cc1cc(N)ccc1C(=O)NC1CCC(C(N)=O)CC1. The minimum atomic E-state index is -0.232. The Hall–Kier alpha value is -2.04. The zero-order valence-corrected chi connectivity index (χ0v) is 11.7. The molecule has 0 aliphatic heterocycles. The predicted molar refractivity (Wildman–Crippen MR) is 78.0 cm³/mol. The summed E-state index contributed by atoms with van der Waals surface area (Å²) in [6, 6.07) is 5.38. The first-order valence-corrected chi connectivity index (χ1v) is 6.93. The molecule has 5 N–H and O–H groups in total. The lowest BCUT2D eigenvalue weighted by molar-refractivity contribution is -0.122. The second-order valence-corrected chi connectivity index (χ2v) is 5.50. The van der Waals surface area contributed by atoms with Crippen molar-refractivity contribution in [2.24, 2.45) is 11.7 Å². The molecule has 0 radical (unpaired) electrons. The van der Waals surface area contributed by atoms with E-state index in [0.29, 0.717) is 11.3 Å². The monoisotopic (exact) mass is 275 g/mol. The lowest BCUT2D eigenvalue weighted by Crippen LogP contribution is -2.40. The van der Waals surface area contributed by atoms with Crippen LogP contribution in [0.2, 0.25) is 0 Å². The number of rotatable bonds is 3. The van der Waals surface area contributed by atoms with Gasteiger partial charge >= 0.3 is 0 Å². The molecule has 2 amide bonds. The van der Waals surface area contributed by atoms with Crippen LogP contribution in [-0.4, -0.2) is 17.9 Å². The van der Waals surface area contributed by atoms with Crippen molar-refractivity contribution in [2.75, 3.05) is 5.73 Å². The van der Waals surface area contributed by atoms with E-state index in [-0.39, 0.29) is 23.8 Å². The number of nitrogen functional groups attached to an aromatic ring is 1. The molecule has 1 aliphatic carbocycles. The van der Waals surface area contributed by atoms with Crippen molar-refractivity contribution in [1.29, 1.82) is 0 Å². The highest BCUT2D eigenvalue weighted by atomic mass is 16.2. The molecule has 108 valence electrons. The van der Waals surface area contributed by atoms with Gasteiger partial charge in [0.15, 0.2) is 0 Å². The molecule has 0 saturated heterocycles. The normalized spacial score (nSPS) is 22.2. The van der Waals surface area contributed by atoms with Gasteiger partial charge in [-0.25, -0.2) is 0 Å². The van der Waals surface area contributed by atoms with Gasteiger partial charge in [-0.1, -0.05) is 0 Å². The zero-order valence-electron chi connectivity index (χ0n) is 11.7. The predicted octanol–water partition coefficient (Wildman–Crippen LogP) is 1.35. The number of carbonyl (C=O) groups is 2. The smallest absolute Gasteiger partial charge is 0.251 e. The first kappa shape index (κ1) is 14.4. The van der Waals surface area contributed by atoms with Crippen LogP contribution < -0.4 is 16.8 Å². The maximum Gasteiger partial charge on any atom is 0.251 e. The Kier molecular flexibility index (Phi) is 4.27. The number of aryl methyl sites for hydroxylation is 1. The zero-order chi connectivity index (χ0) is 14.7. The summed E-state index contributed by atoms with van der Waals surface area (Å²) in [5.74, 6) is -0.351. The van der Waals surface area contributed by atoms with Gasteiger partial charge in [-0.15, -0.1) is 0 Å². The van der Waals surface area contributed by atoms with Gasteiger partial charge in [0.25, 0.3) is 5.91 Å². The van der Waals surface area contributed by atoms with Crippen LogP contribution in [0.15, 0.2) is 18.2 Å². The molecule has 1 saturated carbocycles. The standard InChI is InChI=1S/C15H21N3O2/c1-9-8-11(16)4-7-13(9)15(20)18-12-5-2-10(3-6-12)14(17)19/h4,7-8,10,12H,2-3,5-6,16H2,1H3,(H2,17,19)(H,18,20). The maximum absolute atomic E-state index is 12.2. The number of anilines is 1. The molecule has 0 bridgehead atoms. The highest BCUT2D eigenvalue weighted by Gasteiger charge is 2.25. The number of hydrogen-bond donors (Lipinski definition) is 3. The molecule has 20 heavy (non-hydrogen) atoms. The molecule has 0 heterocycles. The summed E-state index contributed by atoms with van der Waals surface area (Å²) in [5, 5.41) is 3.02. The van der Waals surface area contributed by atoms with Crippen molar-refractivity contribution >= 4 is 17.5 Å². The minimum absolute atomic E-state index is 0.0404. The van der Waals surface area contributed by atoms with Crippen LogP contribution in [0.3, 0.4) is 0 Å². The lowest BCUT2D eigenvalue weighted by Gasteiger charge is -2.27. The van der Waals surface area contributed by atoms with Crippen molar-refractivity contribution in [3.63, 3.8) is 0 Å². The van der Waals surface area contributed by atoms with Crippen molar-refractivity contribution < 1.29 is 9.59 Å². The second kappa shape index (κ2) is 5.94. The van der Waals surface area contributed by atoms with Crippen LogP contribution in [0.5, 0.6) is 0 Å². The summed E-state index contributed by atoms with van der Waals surface area (Å²) in [6.07, 6.45) is 3.10. The van der Waals surface area contributed by atoms with Crippen LogP contribution in [-0.2, 0) is 4.79 Å². The molecular formula is C15H21N3O2. The van der Waals surface area contributed by atoms with E-state index in [9.17, 15) is 9.59 Å². The maximum atomic E-state index is 12.2. The largest absolute Gasteiger partial charge is 0.399 e. The number of hydrogen-bond acceptors (Lipinski definition) is 3. The van der Waals surface area contributed by atoms with Crippen LogP contribution >= 0.6 is 0 Å². The van der Waals surface area contributed by atoms with Crippen LogP contribution in [0.1, 0.15) is 41.6 Å². The van der Waals surface area contributed by atoms with Crippen LogP contribution in [0.25, 0.3) is 0 Å². The van der Waals surface area contributed by atoms with Gasteiger partial charge in [-0.3, -0.25) is 9.59 Å². The van der Waals surface area contributed by atoms with Gasteiger partial charge in [0.1, 0.15) is 0 Å². The van der Waals surface area contributed by atoms with Crippen LogP contribution in [0.4, 0.5) is 5.69 Å². The van der Waals surface area contributed by atoms with Gasteiger partial charge in [0.05, 0.1) is 0 Å². The van der Waals surface area contributed by atoms with Gasteiger partial charge in [-0.2, -0.15) is 0 Å². The average Bonchev–Trinajstić information content (AvgIpc) is 2.39. The van der Waals surface area contributed by atoms with E-state index in [1.54, 1.807) is 18.2 Å². The fourth-order valence-electron chi connectivity index (χ4n) is 2.73. The Morgan fingerprint density at radius 1 is 1.20 bits per heavy atom. The van der Waals surface area contributed by atoms with E-state index in [1.807, 2.05) is 6.92 Å². The summed E-state index contributed by atoms with van der Waals surface area (Å²) in [5.41, 5.74) is 13.2. The number of carbonyl (C=O) groups excluding carboxylic acids is 2. The quantitative estimate of drug-likeness (QED) is 0.726. The van der Waals surface area contributed by atoms with Crippen molar-refractivity contribution in [3.8, 4) is 0 Å². The molecule has 1 aromatic rings. The molecular weight excluding hydrogens is 254 g/mol. The lowest BCUT2D eigenvalue weighted by atomic mass is 9.85. The van der Waals surface area contributed by atoms with E-state index in [0.717, 1.165) is 31.2 Å². The highest BCUT2D eigenvalue weighted by Crippen LogP contribution is 2.24. The van der Waals surface area contributed by atoms with Crippen molar-refractivity contribution in [2.45, 2.75) is 38.6 Å². The molecule has 0 atom stereocenters. The molecule has 1 fully saturated rings. The molecule has 0 aromatic heterocycles. The third kappa shape index (κ3) is 3.29. The molecule has 5 nitrogen and oxygen atoms in total. The summed E-state index contributed by atoms with van der Waals surface area (Å²) in [4.78, 5) is 23.3. The number of amides is 2. The fourth-order valence-corrected chi connectivity index (χ4v) is 2.73. The summed E-state index contributed by atoms with van der Waals surface area (Å²) in [7, 11) is 0. The van der Waals surface area contributed by atoms with E-state index in [1.165, 1.54) is 0 Å². The van der Waals surface area contributed by atoms with Crippen LogP contribution in [0, 0.1) is 12.8 Å². The van der Waals surface area contributed by atoms with Gasteiger partial charge in [0.2, 0.25) is 5.91 Å². The van der Waals surface area contributed by atoms with Crippen molar-refractivity contribution in [3.05, 3.63) is 29.3 Å². The highest BCUT2D eigenvalue weighted by molar-refractivity contribution is 5.96. The third-order valence-electron chi connectivity index (χ3n) is 3.96. The van der Waals surface area contributed by atoms with Gasteiger partial charge in [-0.05, 0) is 56.4 Å². The number of benzene rings is 1. The van der Waals surface area contributed by atoms with Gasteiger partial charge in [0, 0.05) is 23.2 Å². The Morgan fingerprint density at radius 2 is 1.85 bits per heavy atom. The first-order chi connectivity index (χ1) is 9.47.